The molecular weight excluding hydrogens is 471 g/mol. The van der Waals surface area contributed by atoms with E-state index in [0.717, 1.165) is 0 Å². The molecule has 4 rings (SSSR count). The van der Waals surface area contributed by atoms with Crippen molar-refractivity contribution in [2.45, 2.75) is 26.3 Å². The van der Waals surface area contributed by atoms with E-state index < -0.39 is 34.4 Å². The Balaban J connectivity index is 1.57. The number of hydrogen-bond donors (Lipinski definition) is 0. The summed E-state index contributed by atoms with van der Waals surface area (Å²) in [6.45, 7) is 3.76. The molecule has 0 spiro atoms. The van der Waals surface area contributed by atoms with E-state index in [1.54, 1.807) is 42.5 Å². The van der Waals surface area contributed by atoms with Crippen LogP contribution < -0.4 is 0 Å². The van der Waals surface area contributed by atoms with Crippen molar-refractivity contribution in [2.75, 3.05) is 24.7 Å². The second-order valence-electron chi connectivity index (χ2n) is 9.15. The van der Waals surface area contributed by atoms with E-state index in [4.69, 9.17) is 4.74 Å². The summed E-state index contributed by atoms with van der Waals surface area (Å²) in [5.41, 5.74) is 1.90. The molecule has 9 heteroatoms. The van der Waals surface area contributed by atoms with Crippen molar-refractivity contribution in [1.82, 2.24) is 9.88 Å². The fourth-order valence-corrected chi connectivity index (χ4v) is 6.00. The maximum absolute atomic E-state index is 13.4. The first kappa shape index (κ1) is 24.8. The third kappa shape index (κ3) is 5.85. The first-order valence-electron chi connectivity index (χ1n) is 11.5. The Hall–Kier alpha value is -3.33. The molecule has 1 saturated heterocycles. The topological polar surface area (TPSA) is 93.6 Å². The summed E-state index contributed by atoms with van der Waals surface area (Å²) in [6, 6.07) is 14.0. The molecule has 1 aromatic heterocycles. The minimum atomic E-state index is -3.17. The van der Waals surface area contributed by atoms with Gasteiger partial charge < -0.3 is 9.64 Å². The van der Waals surface area contributed by atoms with Gasteiger partial charge in [-0.25, -0.2) is 22.6 Å². The zero-order chi connectivity index (χ0) is 25.2. The fraction of sp³-hybridized carbons (Fsp3) is 0.346. The van der Waals surface area contributed by atoms with Crippen LogP contribution in [0.1, 0.15) is 30.6 Å². The lowest BCUT2D eigenvalue weighted by atomic mass is 10.0. The van der Waals surface area contributed by atoms with Crippen LogP contribution in [0.3, 0.4) is 0 Å². The van der Waals surface area contributed by atoms with Crippen molar-refractivity contribution in [3.05, 3.63) is 66.0 Å². The number of nitrogens with zero attached hydrogens (tertiary/aromatic N) is 2. The van der Waals surface area contributed by atoms with Crippen molar-refractivity contribution >= 4 is 32.6 Å². The van der Waals surface area contributed by atoms with Crippen molar-refractivity contribution in [1.29, 1.82) is 0 Å². The molecular formula is C26H27FN2O5S. The Labute approximate surface area is 203 Å². The number of carbonyl (C=O) groups is 2. The average molecular weight is 499 g/mol. The molecule has 2 aromatic carbocycles. The summed E-state index contributed by atoms with van der Waals surface area (Å²) >= 11 is 0. The molecule has 1 unspecified atom stereocenters. The summed E-state index contributed by atoms with van der Waals surface area (Å²) in [5, 5.41) is 0.566. The number of ether oxygens (including phenoxy) is 1. The average Bonchev–Trinajstić information content (AvgIpc) is 3.19. The number of benzene rings is 2. The summed E-state index contributed by atoms with van der Waals surface area (Å²) < 4.78 is 42.7. The Morgan fingerprint density at radius 2 is 1.86 bits per heavy atom. The number of para-hydroxylation sites is 1. The molecule has 1 atom stereocenters. The van der Waals surface area contributed by atoms with E-state index in [2.05, 4.69) is 4.98 Å². The zero-order valence-electron chi connectivity index (χ0n) is 19.6. The number of esters is 1. The van der Waals surface area contributed by atoms with Crippen molar-refractivity contribution in [3.63, 3.8) is 0 Å². The molecule has 1 fully saturated rings. The van der Waals surface area contributed by atoms with Gasteiger partial charge in [-0.3, -0.25) is 4.79 Å². The van der Waals surface area contributed by atoms with Gasteiger partial charge in [-0.05, 0) is 48.7 Å². The second kappa shape index (κ2) is 10.1. The van der Waals surface area contributed by atoms with Crippen LogP contribution in [0.5, 0.6) is 0 Å². The highest BCUT2D eigenvalue weighted by atomic mass is 32.2. The van der Waals surface area contributed by atoms with Crippen LogP contribution in [0.4, 0.5) is 4.39 Å². The van der Waals surface area contributed by atoms with Gasteiger partial charge in [0.25, 0.3) is 5.91 Å². The molecule has 0 saturated carbocycles. The number of amides is 1. The second-order valence-corrected chi connectivity index (χ2v) is 11.4. The molecule has 7 nitrogen and oxygen atoms in total. The van der Waals surface area contributed by atoms with Crippen molar-refractivity contribution < 1.29 is 27.1 Å². The smallest absolute Gasteiger partial charge is 0.339 e. The van der Waals surface area contributed by atoms with Crippen LogP contribution in [-0.4, -0.2) is 60.9 Å². The lowest BCUT2D eigenvalue weighted by Gasteiger charge is -2.29. The summed E-state index contributed by atoms with van der Waals surface area (Å²) in [5.74, 6) is -1.40. The van der Waals surface area contributed by atoms with Gasteiger partial charge in [0.05, 0.1) is 28.3 Å². The molecule has 3 aromatic rings. The van der Waals surface area contributed by atoms with Gasteiger partial charge in [-0.2, -0.15) is 0 Å². The van der Waals surface area contributed by atoms with Crippen LogP contribution in [0.25, 0.3) is 22.2 Å². The molecule has 0 bridgehead atoms. The Kier molecular flexibility index (Phi) is 7.16. The van der Waals surface area contributed by atoms with Crippen LogP contribution in [0.15, 0.2) is 54.6 Å². The maximum atomic E-state index is 13.4. The minimum absolute atomic E-state index is 0.0501. The normalized spacial score (nSPS) is 17.0. The molecule has 1 aliphatic heterocycles. The van der Waals surface area contributed by atoms with Gasteiger partial charge >= 0.3 is 5.97 Å². The number of pyridine rings is 1. The van der Waals surface area contributed by atoms with Gasteiger partial charge in [0.2, 0.25) is 0 Å². The molecule has 35 heavy (non-hydrogen) atoms. The number of carbonyl (C=O) groups excluding carboxylic acids is 2. The monoisotopic (exact) mass is 498 g/mol. The number of rotatable bonds is 7. The maximum Gasteiger partial charge on any atom is 0.339 e. The Bertz CT molecular complexity index is 1360. The minimum Gasteiger partial charge on any atom is -0.452 e. The standard InChI is InChI=1S/C26H27FN2O5S/c1-17(2)14-29(20-11-12-35(32,33)16-20)25(30)15-34-26(31)22-13-24(18-7-9-19(27)10-8-18)28-23-6-4-3-5-21(22)23/h3-10,13,17,20H,11-12,14-16H2,1-2H3. The molecule has 184 valence electrons. The lowest BCUT2D eigenvalue weighted by molar-refractivity contribution is -0.137. The summed E-state index contributed by atoms with van der Waals surface area (Å²) in [4.78, 5) is 32.2. The highest BCUT2D eigenvalue weighted by Crippen LogP contribution is 2.26. The number of sulfone groups is 1. The third-order valence-corrected chi connectivity index (χ3v) is 7.68. The third-order valence-electron chi connectivity index (χ3n) is 5.93. The Morgan fingerprint density at radius 1 is 1.14 bits per heavy atom. The van der Waals surface area contributed by atoms with Crippen molar-refractivity contribution in [3.8, 4) is 11.3 Å². The number of hydrogen-bond acceptors (Lipinski definition) is 6. The van der Waals surface area contributed by atoms with Gasteiger partial charge in [0.1, 0.15) is 5.82 Å². The SMILES string of the molecule is CC(C)CN(C(=O)COC(=O)c1cc(-c2ccc(F)cc2)nc2ccccc12)C1CCS(=O)(=O)C1. The van der Waals surface area contributed by atoms with E-state index in [9.17, 15) is 22.4 Å². The number of fused-ring (bicyclic) bond motifs is 1. The van der Waals surface area contributed by atoms with Crippen LogP contribution in [0, 0.1) is 11.7 Å². The van der Waals surface area contributed by atoms with E-state index >= 15 is 0 Å². The lowest BCUT2D eigenvalue weighted by Crippen LogP contribution is -2.45. The predicted molar refractivity (Wildman–Crippen MR) is 131 cm³/mol. The summed E-state index contributed by atoms with van der Waals surface area (Å²) in [6.07, 6.45) is 0.380. The number of halogens is 1. The molecule has 1 aliphatic rings. The van der Waals surface area contributed by atoms with Crippen LogP contribution in [0.2, 0.25) is 0 Å². The van der Waals surface area contributed by atoms with Crippen molar-refractivity contribution in [2.24, 2.45) is 5.92 Å². The van der Waals surface area contributed by atoms with Gasteiger partial charge in [0, 0.05) is 23.5 Å². The highest BCUT2D eigenvalue weighted by Gasteiger charge is 2.35. The molecule has 1 amide bonds. The van der Waals surface area contributed by atoms with Crippen LogP contribution >= 0.6 is 0 Å². The van der Waals surface area contributed by atoms with E-state index in [-0.39, 0.29) is 28.8 Å². The largest absolute Gasteiger partial charge is 0.452 e. The van der Waals surface area contributed by atoms with E-state index in [1.165, 1.54) is 17.0 Å². The molecule has 0 radical (unpaired) electrons. The molecule has 0 N–H and O–H groups in total. The quantitative estimate of drug-likeness (QED) is 0.459. The first-order valence-corrected chi connectivity index (χ1v) is 13.3. The van der Waals surface area contributed by atoms with Gasteiger partial charge in [-0.15, -0.1) is 0 Å². The summed E-state index contributed by atoms with van der Waals surface area (Å²) in [7, 11) is -3.17. The predicted octanol–water partition coefficient (Wildman–Crippen LogP) is 3.87. The first-order chi connectivity index (χ1) is 16.6. The van der Waals surface area contributed by atoms with Crippen LogP contribution in [-0.2, 0) is 19.4 Å². The fourth-order valence-electron chi connectivity index (χ4n) is 4.27. The van der Waals surface area contributed by atoms with E-state index in [1.807, 2.05) is 13.8 Å². The molecule has 0 aliphatic carbocycles. The zero-order valence-corrected chi connectivity index (χ0v) is 20.4. The number of aromatic nitrogens is 1. The Morgan fingerprint density at radius 3 is 2.51 bits per heavy atom. The van der Waals surface area contributed by atoms with E-state index in [0.29, 0.717) is 35.1 Å². The van der Waals surface area contributed by atoms with Gasteiger partial charge in [0.15, 0.2) is 16.4 Å². The van der Waals surface area contributed by atoms with Gasteiger partial charge in [-0.1, -0.05) is 32.0 Å². The molecule has 2 heterocycles. The highest BCUT2D eigenvalue weighted by molar-refractivity contribution is 7.91.